The van der Waals surface area contributed by atoms with Crippen molar-refractivity contribution in [2.24, 2.45) is 5.73 Å². The molecular weight excluding hydrogens is 415 g/mol. The Kier molecular flexibility index (Phi) is 6.47. The zero-order valence-corrected chi connectivity index (χ0v) is 18.3. The number of nitrogens with zero attached hydrogens (tertiary/aromatic N) is 2. The van der Waals surface area contributed by atoms with Gasteiger partial charge in [0.2, 0.25) is 0 Å². The van der Waals surface area contributed by atoms with Crippen molar-refractivity contribution in [1.82, 2.24) is 4.90 Å². The van der Waals surface area contributed by atoms with E-state index in [1.807, 2.05) is 13.0 Å². The molecule has 31 heavy (non-hydrogen) atoms. The van der Waals surface area contributed by atoms with Gasteiger partial charge in [-0.15, -0.1) is 0 Å². The molecule has 1 saturated heterocycles. The smallest absolute Gasteiger partial charge is 0.253 e. The fourth-order valence-corrected chi connectivity index (χ4v) is 3.82. The zero-order chi connectivity index (χ0) is 22.8. The third-order valence-corrected chi connectivity index (χ3v) is 6.18. The number of likely N-dealkylation sites (tertiary alicyclic amines) is 1. The van der Waals surface area contributed by atoms with Crippen molar-refractivity contribution in [2.75, 3.05) is 13.1 Å². The Morgan fingerprint density at radius 1 is 1.23 bits per heavy atom. The third-order valence-electron chi connectivity index (χ3n) is 5.69. The lowest BCUT2D eigenvalue weighted by Gasteiger charge is -2.37. The molecule has 0 aliphatic carbocycles. The molecule has 0 saturated carbocycles. The molecule has 3 N–H and O–H groups in total. The highest BCUT2D eigenvalue weighted by Gasteiger charge is 2.37. The quantitative estimate of drug-likeness (QED) is 0.673. The number of halogens is 2. The Morgan fingerprint density at radius 3 is 2.39 bits per heavy atom. The maximum atomic E-state index is 15.5. The molecule has 2 aromatic rings. The van der Waals surface area contributed by atoms with Gasteiger partial charge in [0.05, 0.1) is 22.4 Å². The Morgan fingerprint density at radius 2 is 1.84 bits per heavy atom. The maximum absolute atomic E-state index is 15.5. The van der Waals surface area contributed by atoms with E-state index in [1.54, 1.807) is 54.3 Å². The minimum atomic E-state index is -1.53. The molecule has 1 aliphatic rings. The highest BCUT2D eigenvalue weighted by atomic mass is 35.5. The molecule has 0 radical (unpaired) electrons. The predicted molar refractivity (Wildman–Crippen MR) is 120 cm³/mol. The molecular formula is C24H24ClFN4O. The van der Waals surface area contributed by atoms with Crippen molar-refractivity contribution in [3.8, 4) is 6.07 Å². The molecule has 5 nitrogen and oxygen atoms in total. The van der Waals surface area contributed by atoms with Crippen molar-refractivity contribution in [1.29, 1.82) is 10.7 Å². The first-order chi connectivity index (χ1) is 14.7. The first kappa shape index (κ1) is 22.5. The van der Waals surface area contributed by atoms with E-state index < -0.39 is 5.67 Å². The van der Waals surface area contributed by atoms with Crippen LogP contribution in [0, 0.1) is 23.7 Å². The van der Waals surface area contributed by atoms with E-state index in [0.717, 1.165) is 5.56 Å². The highest BCUT2D eigenvalue weighted by Crippen LogP contribution is 2.37. The van der Waals surface area contributed by atoms with Crippen LogP contribution in [-0.4, -0.2) is 29.6 Å². The number of hydrogen-bond acceptors (Lipinski definition) is 4. The molecule has 1 fully saturated rings. The van der Waals surface area contributed by atoms with Gasteiger partial charge in [-0.05, 0) is 49.2 Å². The fraction of sp³-hybridized carbons (Fsp3) is 0.292. The number of carbonyl (C=O) groups is 1. The minimum absolute atomic E-state index is 0.0658. The van der Waals surface area contributed by atoms with Crippen molar-refractivity contribution in [3.63, 3.8) is 0 Å². The van der Waals surface area contributed by atoms with E-state index in [2.05, 4.69) is 0 Å². The fourth-order valence-electron chi connectivity index (χ4n) is 3.72. The van der Waals surface area contributed by atoms with Crippen LogP contribution in [0.15, 0.2) is 53.2 Å². The Hall–Kier alpha value is -3.17. The summed E-state index contributed by atoms with van der Waals surface area (Å²) in [5.41, 5.74) is 7.37. The van der Waals surface area contributed by atoms with Gasteiger partial charge in [0.15, 0.2) is 0 Å². The minimum Gasteiger partial charge on any atom is -0.401 e. The van der Waals surface area contributed by atoms with Crippen molar-refractivity contribution in [3.05, 3.63) is 81.0 Å². The summed E-state index contributed by atoms with van der Waals surface area (Å²) >= 11 is 6.14. The summed E-state index contributed by atoms with van der Waals surface area (Å²) in [7, 11) is 0. The SMILES string of the molecule is CC(N)=C(Cl)C(=N)c1cc(C(=O)N2CCC(F)(c3ccc(C#N)cc3)CC2)ccc1C. The lowest BCUT2D eigenvalue weighted by Crippen LogP contribution is -2.43. The Labute approximate surface area is 186 Å². The number of nitriles is 1. The molecule has 0 aromatic heterocycles. The number of benzene rings is 2. The monoisotopic (exact) mass is 438 g/mol. The number of carbonyl (C=O) groups excluding carboxylic acids is 1. The second-order valence-corrected chi connectivity index (χ2v) is 8.23. The maximum Gasteiger partial charge on any atom is 0.253 e. The second kappa shape index (κ2) is 8.91. The molecule has 0 unspecified atom stereocenters. The molecule has 1 heterocycles. The van der Waals surface area contributed by atoms with E-state index in [4.69, 9.17) is 28.0 Å². The van der Waals surface area contributed by atoms with Crippen molar-refractivity contribution >= 4 is 23.2 Å². The molecule has 160 valence electrons. The van der Waals surface area contributed by atoms with Gasteiger partial charge < -0.3 is 10.6 Å². The van der Waals surface area contributed by atoms with Gasteiger partial charge in [-0.1, -0.05) is 29.8 Å². The van der Waals surface area contributed by atoms with Crippen molar-refractivity contribution < 1.29 is 9.18 Å². The van der Waals surface area contributed by atoms with Crippen LogP contribution in [0.1, 0.15) is 52.4 Å². The van der Waals surface area contributed by atoms with Crippen LogP contribution >= 0.6 is 11.6 Å². The third kappa shape index (κ3) is 4.62. The average Bonchev–Trinajstić information content (AvgIpc) is 2.78. The van der Waals surface area contributed by atoms with Crippen LogP contribution in [0.3, 0.4) is 0 Å². The molecule has 1 amide bonds. The number of allylic oxidation sites excluding steroid dienone is 2. The highest BCUT2D eigenvalue weighted by molar-refractivity contribution is 6.46. The van der Waals surface area contributed by atoms with Gasteiger partial charge in [0.25, 0.3) is 5.91 Å². The molecule has 2 aromatic carbocycles. The number of nitrogens with one attached hydrogen (secondary N) is 1. The number of aryl methyl sites for hydroxylation is 1. The molecule has 1 aliphatic heterocycles. The Balaban J connectivity index is 1.76. The lowest BCUT2D eigenvalue weighted by atomic mass is 9.85. The van der Waals surface area contributed by atoms with Gasteiger partial charge in [-0.25, -0.2) is 4.39 Å². The normalized spacial score (nSPS) is 16.3. The first-order valence-corrected chi connectivity index (χ1v) is 10.3. The molecule has 3 rings (SSSR count). The number of hydrogen-bond donors (Lipinski definition) is 2. The number of piperidine rings is 1. The summed E-state index contributed by atoms with van der Waals surface area (Å²) < 4.78 is 15.5. The summed E-state index contributed by atoms with van der Waals surface area (Å²) in [5.74, 6) is -0.208. The summed E-state index contributed by atoms with van der Waals surface area (Å²) in [6.45, 7) is 4.01. The van der Waals surface area contributed by atoms with Gasteiger partial charge in [-0.3, -0.25) is 10.2 Å². The lowest BCUT2D eigenvalue weighted by molar-refractivity contribution is 0.0421. The van der Waals surface area contributed by atoms with E-state index in [1.165, 1.54) is 0 Å². The van der Waals surface area contributed by atoms with E-state index in [-0.39, 0.29) is 42.6 Å². The number of nitrogens with two attached hydrogens (primary N) is 1. The van der Waals surface area contributed by atoms with Crippen LogP contribution < -0.4 is 5.73 Å². The number of alkyl halides is 1. The average molecular weight is 439 g/mol. The van der Waals surface area contributed by atoms with Gasteiger partial charge in [-0.2, -0.15) is 5.26 Å². The van der Waals surface area contributed by atoms with Crippen LogP contribution in [0.25, 0.3) is 0 Å². The van der Waals surface area contributed by atoms with Gasteiger partial charge >= 0.3 is 0 Å². The summed E-state index contributed by atoms with van der Waals surface area (Å²) in [4.78, 5) is 14.7. The molecule has 0 spiro atoms. The second-order valence-electron chi connectivity index (χ2n) is 7.85. The molecule has 0 atom stereocenters. The van der Waals surface area contributed by atoms with Gasteiger partial charge in [0, 0.05) is 42.8 Å². The molecule has 0 bridgehead atoms. The number of amides is 1. The van der Waals surface area contributed by atoms with Crippen LogP contribution in [0.2, 0.25) is 0 Å². The first-order valence-electron chi connectivity index (χ1n) is 9.97. The summed E-state index contributed by atoms with van der Waals surface area (Å²) in [5, 5.41) is 17.4. The van der Waals surface area contributed by atoms with Gasteiger partial charge in [0.1, 0.15) is 5.67 Å². The van der Waals surface area contributed by atoms with Crippen LogP contribution in [-0.2, 0) is 5.67 Å². The van der Waals surface area contributed by atoms with E-state index in [0.29, 0.717) is 28.0 Å². The van der Waals surface area contributed by atoms with E-state index >= 15 is 4.39 Å². The summed E-state index contributed by atoms with van der Waals surface area (Å²) in [6, 6.07) is 13.7. The Bertz CT molecular complexity index is 1090. The predicted octanol–water partition coefficient (Wildman–Crippen LogP) is 4.76. The van der Waals surface area contributed by atoms with E-state index in [9.17, 15) is 4.79 Å². The zero-order valence-electron chi connectivity index (χ0n) is 17.5. The summed E-state index contributed by atoms with van der Waals surface area (Å²) in [6.07, 6.45) is 0.361. The number of rotatable bonds is 4. The van der Waals surface area contributed by atoms with Crippen LogP contribution in [0.5, 0.6) is 0 Å². The standard InChI is InChI=1S/C24H24ClFN4O/c1-15-3-6-18(13-20(15)22(29)21(25)16(2)28)23(31)30-11-9-24(26,10-12-30)19-7-4-17(14-27)5-8-19/h3-8,13,29H,9-12,28H2,1-2H3. The largest absolute Gasteiger partial charge is 0.401 e. The topological polar surface area (TPSA) is 94.0 Å². The molecule has 7 heteroatoms. The van der Waals surface area contributed by atoms with Crippen molar-refractivity contribution in [2.45, 2.75) is 32.4 Å². The van der Waals surface area contributed by atoms with Crippen LogP contribution in [0.4, 0.5) is 4.39 Å².